The molecule has 0 aromatic rings. The maximum Gasteiger partial charge on any atom is 0.410 e. The van der Waals surface area contributed by atoms with Crippen LogP contribution in [0.25, 0.3) is 0 Å². The van der Waals surface area contributed by atoms with Crippen LogP contribution in [0.3, 0.4) is 0 Å². The highest BCUT2D eigenvalue weighted by Crippen LogP contribution is 2.67. The molecule has 69 heavy (non-hydrogen) atoms. The van der Waals surface area contributed by atoms with E-state index < -0.39 is 6.04 Å². The van der Waals surface area contributed by atoms with Crippen molar-refractivity contribution in [3.05, 3.63) is 23.8 Å². The zero-order chi connectivity index (χ0) is 48.9. The lowest BCUT2D eigenvalue weighted by Gasteiger charge is -2.58. The molecule has 1 amide bonds. The molecule has 10 atom stereocenters. The Hall–Kier alpha value is -1.90. The van der Waals surface area contributed by atoms with Gasteiger partial charge in [0, 0.05) is 26.1 Å². The van der Waals surface area contributed by atoms with Crippen LogP contribution in [-0.4, -0.2) is 92.7 Å². The van der Waals surface area contributed by atoms with Crippen LogP contribution in [0, 0.1) is 46.3 Å². The van der Waals surface area contributed by atoms with Gasteiger partial charge in [0.15, 0.2) is 0 Å². The van der Waals surface area contributed by atoms with Crippen LogP contribution in [0.1, 0.15) is 234 Å². The van der Waals surface area contributed by atoms with E-state index in [-0.39, 0.29) is 36.3 Å². The summed E-state index contributed by atoms with van der Waals surface area (Å²) in [7, 11) is 0. The van der Waals surface area contributed by atoms with Crippen molar-refractivity contribution in [2.24, 2.45) is 46.3 Å². The van der Waals surface area contributed by atoms with E-state index in [9.17, 15) is 9.59 Å². The van der Waals surface area contributed by atoms with Crippen LogP contribution < -0.4 is 0 Å². The minimum absolute atomic E-state index is 0.0529. The van der Waals surface area contributed by atoms with Crippen molar-refractivity contribution in [3.63, 3.8) is 0 Å². The molecule has 2 heterocycles. The summed E-state index contributed by atoms with van der Waals surface area (Å²) in [6.45, 7) is 20.3. The van der Waals surface area contributed by atoms with Crippen LogP contribution in [0.5, 0.6) is 0 Å². The zero-order valence-electron chi connectivity index (χ0n) is 45.6. The van der Waals surface area contributed by atoms with Gasteiger partial charge in [0.25, 0.3) is 0 Å². The first-order valence-corrected chi connectivity index (χ1v) is 29.9. The number of hydrogen-bond donors (Lipinski definition) is 0. The molecule has 396 valence electrons. The molecule has 5 fully saturated rings. The number of fused-ring (bicyclic) bond motifs is 5. The Labute approximate surface area is 424 Å². The molecule has 0 N–H and O–H groups in total. The molecule has 0 radical (unpaired) electrons. The topological polar surface area (TPSA) is 77.5 Å². The van der Waals surface area contributed by atoms with Gasteiger partial charge in [-0.25, -0.2) is 9.59 Å². The van der Waals surface area contributed by atoms with Crippen molar-refractivity contribution in [2.45, 2.75) is 252 Å². The summed E-state index contributed by atoms with van der Waals surface area (Å²) in [5.41, 5.74) is 2.23. The van der Waals surface area contributed by atoms with Gasteiger partial charge in [-0.15, -0.1) is 0 Å². The first-order chi connectivity index (χ1) is 33.5. The molecule has 3 saturated carbocycles. The Balaban J connectivity index is 0.863. The summed E-state index contributed by atoms with van der Waals surface area (Å²) < 4.78 is 24.6. The van der Waals surface area contributed by atoms with E-state index in [1.807, 2.05) is 0 Å². The number of likely N-dealkylation sites (tertiary alicyclic amines) is 2. The second-order valence-corrected chi connectivity index (χ2v) is 24.4. The predicted molar refractivity (Wildman–Crippen MR) is 284 cm³/mol. The Bertz CT molecular complexity index is 1540. The molecule has 6 aliphatic rings. The summed E-state index contributed by atoms with van der Waals surface area (Å²) in [5, 5.41) is 0. The van der Waals surface area contributed by atoms with Gasteiger partial charge in [0.1, 0.15) is 18.8 Å². The first kappa shape index (κ1) is 56.4. The van der Waals surface area contributed by atoms with E-state index >= 15 is 0 Å². The van der Waals surface area contributed by atoms with E-state index in [4.69, 9.17) is 18.9 Å². The van der Waals surface area contributed by atoms with E-state index in [1.54, 1.807) is 4.90 Å². The van der Waals surface area contributed by atoms with Crippen molar-refractivity contribution >= 4 is 12.1 Å². The fraction of sp³-hybridized carbons (Fsp3) is 0.902. The Morgan fingerprint density at radius 1 is 0.739 bits per heavy atom. The normalized spacial score (nSPS) is 30.2. The predicted octanol–water partition coefficient (Wildman–Crippen LogP) is 15.5. The number of hydrogen-bond acceptors (Lipinski definition) is 7. The van der Waals surface area contributed by atoms with Gasteiger partial charge in [-0.1, -0.05) is 149 Å². The molecule has 0 spiro atoms. The number of carbonyl (C=O) groups excluding carboxylic acids is 2. The molecule has 0 aromatic heterocycles. The van der Waals surface area contributed by atoms with Gasteiger partial charge in [-0.2, -0.15) is 0 Å². The summed E-state index contributed by atoms with van der Waals surface area (Å²) in [6, 6.07) is -0.588. The van der Waals surface area contributed by atoms with Crippen molar-refractivity contribution in [1.82, 2.24) is 9.80 Å². The van der Waals surface area contributed by atoms with Gasteiger partial charge >= 0.3 is 12.1 Å². The third-order valence-corrected chi connectivity index (χ3v) is 19.0. The average Bonchev–Trinajstić information content (AvgIpc) is 3.98. The minimum Gasteiger partial charge on any atom is -0.462 e. The standard InChI is InChI=1S/C61H106N2O6/c1-7-8-9-10-11-12-13-14-15-16-17-18-19-20-21-25-42-66-47-52(46-62-39-23-22-24-40-62)67-43-44-68-58(64)57-30-27-41-63(57)59(65)69-51-35-37-60(5)50(45-51)31-32-53-55-34-33-54(49(4)29-26-28-48(2)3)61(55,6)38-36-56(53)60/h14-15,31,48-49,51-57H,7-13,16-30,32-47H2,1-6H3/b15-14-/t49-,51+,52?,53+,54-,55+,56+,57+,60+,61-/m1/s1. The Morgan fingerprint density at radius 3 is 2.20 bits per heavy atom. The van der Waals surface area contributed by atoms with Gasteiger partial charge < -0.3 is 23.8 Å². The van der Waals surface area contributed by atoms with E-state index in [1.165, 1.54) is 160 Å². The number of unbranched alkanes of at least 4 members (excludes halogenated alkanes) is 12. The number of amides is 1. The number of piperidine rings is 1. The second-order valence-electron chi connectivity index (χ2n) is 24.4. The molecule has 8 heteroatoms. The molecule has 2 saturated heterocycles. The molecule has 4 aliphatic carbocycles. The van der Waals surface area contributed by atoms with Crippen LogP contribution in [-0.2, 0) is 23.7 Å². The van der Waals surface area contributed by atoms with Crippen LogP contribution in [0.2, 0.25) is 0 Å². The molecule has 8 nitrogen and oxygen atoms in total. The van der Waals surface area contributed by atoms with Gasteiger partial charge in [0.05, 0.1) is 19.3 Å². The Morgan fingerprint density at radius 2 is 1.46 bits per heavy atom. The van der Waals surface area contributed by atoms with Crippen LogP contribution >= 0.6 is 0 Å². The fourth-order valence-corrected chi connectivity index (χ4v) is 14.9. The lowest BCUT2D eigenvalue weighted by atomic mass is 9.47. The number of rotatable bonds is 31. The van der Waals surface area contributed by atoms with Crippen molar-refractivity contribution in [1.29, 1.82) is 0 Å². The number of nitrogens with zero attached hydrogens (tertiary/aromatic N) is 2. The molecular formula is C61H106N2O6. The van der Waals surface area contributed by atoms with Crippen molar-refractivity contribution < 1.29 is 28.5 Å². The van der Waals surface area contributed by atoms with Gasteiger partial charge in [0.2, 0.25) is 0 Å². The summed E-state index contributed by atoms with van der Waals surface area (Å²) in [5.74, 6) is 4.54. The first-order valence-electron chi connectivity index (χ1n) is 29.9. The third-order valence-electron chi connectivity index (χ3n) is 19.0. The van der Waals surface area contributed by atoms with E-state index in [0.717, 1.165) is 93.9 Å². The second kappa shape index (κ2) is 29.7. The third kappa shape index (κ3) is 16.8. The van der Waals surface area contributed by atoms with E-state index in [2.05, 4.69) is 64.7 Å². The van der Waals surface area contributed by atoms with Crippen molar-refractivity contribution in [3.8, 4) is 0 Å². The summed E-state index contributed by atoms with van der Waals surface area (Å²) >= 11 is 0. The zero-order valence-corrected chi connectivity index (χ0v) is 45.6. The molecule has 0 aromatic carbocycles. The molecule has 0 bridgehead atoms. The monoisotopic (exact) mass is 963 g/mol. The molecule has 6 rings (SSSR count). The number of ether oxygens (including phenoxy) is 4. The number of carbonyl (C=O) groups is 2. The quantitative estimate of drug-likeness (QED) is 0.0389. The lowest BCUT2D eigenvalue weighted by Crippen LogP contribution is -2.51. The molecule has 2 aliphatic heterocycles. The lowest BCUT2D eigenvalue weighted by molar-refractivity contribution is -0.151. The van der Waals surface area contributed by atoms with Crippen LogP contribution in [0.15, 0.2) is 23.8 Å². The summed E-state index contributed by atoms with van der Waals surface area (Å²) in [4.78, 5) is 31.4. The highest BCUT2D eigenvalue weighted by molar-refractivity contribution is 5.82. The van der Waals surface area contributed by atoms with E-state index in [0.29, 0.717) is 31.6 Å². The largest absolute Gasteiger partial charge is 0.462 e. The maximum atomic E-state index is 13.8. The van der Waals surface area contributed by atoms with Gasteiger partial charge in [-0.3, -0.25) is 4.90 Å². The smallest absolute Gasteiger partial charge is 0.410 e. The average molecular weight is 964 g/mol. The summed E-state index contributed by atoms with van der Waals surface area (Å²) in [6.07, 6.45) is 44.0. The van der Waals surface area contributed by atoms with Crippen molar-refractivity contribution in [2.75, 3.05) is 52.6 Å². The van der Waals surface area contributed by atoms with Gasteiger partial charge in [-0.05, 0) is 162 Å². The molecule has 1 unspecified atom stereocenters. The number of esters is 1. The molecular weight excluding hydrogens is 857 g/mol. The maximum absolute atomic E-state index is 13.8. The highest BCUT2D eigenvalue weighted by Gasteiger charge is 2.59. The Kier molecular flexibility index (Phi) is 24.3. The highest BCUT2D eigenvalue weighted by atomic mass is 16.6. The minimum atomic E-state index is -0.588. The van der Waals surface area contributed by atoms with Crippen LogP contribution in [0.4, 0.5) is 4.79 Å². The fourth-order valence-electron chi connectivity index (χ4n) is 14.9. The SMILES string of the molecule is CCCCCCCC/C=C\CCCCCCCCOCC(CN1CCCCC1)OCCOC(=O)[C@@H]1CCCN1C(=O)O[C@H]1CC[C@@]2(C)C(=CC[C@H]3[C@@H]4CC[C@H]([C@H](C)CCCC(C)C)[C@@]4(C)CC[C@@H]32)C1. The number of allylic oxidation sites excluding steroid dienone is 3.